The van der Waals surface area contributed by atoms with Crippen molar-refractivity contribution in [2.45, 2.75) is 51.7 Å². The van der Waals surface area contributed by atoms with Crippen LogP contribution in [0.3, 0.4) is 0 Å². The standard InChI is InChI=1S/C16H27N3O/c1-5-14-11-19(15(6-2)10-17-14)12(3)13-7-8-16(20-4)18-9-13/h7-9,12,14-15,17H,5-6,10-11H2,1-4H3/t12?,14-,15+/m0/s1. The lowest BCUT2D eigenvalue weighted by Gasteiger charge is -2.43. The molecule has 3 atom stereocenters. The van der Waals surface area contributed by atoms with Gasteiger partial charge >= 0.3 is 0 Å². The van der Waals surface area contributed by atoms with Crippen molar-refractivity contribution in [3.8, 4) is 5.88 Å². The van der Waals surface area contributed by atoms with Crippen molar-refractivity contribution in [3.63, 3.8) is 0 Å². The quantitative estimate of drug-likeness (QED) is 0.898. The number of piperazine rings is 1. The molecule has 1 N–H and O–H groups in total. The van der Waals surface area contributed by atoms with Crippen molar-refractivity contribution in [3.05, 3.63) is 23.9 Å². The molecular weight excluding hydrogens is 250 g/mol. The Hall–Kier alpha value is -1.13. The van der Waals surface area contributed by atoms with Crippen molar-refractivity contribution >= 4 is 0 Å². The molecule has 2 rings (SSSR count). The summed E-state index contributed by atoms with van der Waals surface area (Å²) in [5.74, 6) is 0.680. The van der Waals surface area contributed by atoms with E-state index >= 15 is 0 Å². The zero-order chi connectivity index (χ0) is 14.5. The van der Waals surface area contributed by atoms with Crippen LogP contribution >= 0.6 is 0 Å². The van der Waals surface area contributed by atoms with Gasteiger partial charge in [0.15, 0.2) is 0 Å². The van der Waals surface area contributed by atoms with E-state index in [-0.39, 0.29) is 0 Å². The summed E-state index contributed by atoms with van der Waals surface area (Å²) < 4.78 is 5.14. The van der Waals surface area contributed by atoms with Crippen LogP contribution in [0.4, 0.5) is 0 Å². The second-order valence-electron chi connectivity index (χ2n) is 5.58. The Morgan fingerprint density at radius 3 is 2.75 bits per heavy atom. The van der Waals surface area contributed by atoms with Crippen molar-refractivity contribution in [1.82, 2.24) is 15.2 Å². The van der Waals surface area contributed by atoms with Gasteiger partial charge in [-0.05, 0) is 25.3 Å². The van der Waals surface area contributed by atoms with Crippen molar-refractivity contribution in [1.29, 1.82) is 0 Å². The predicted octanol–water partition coefficient (Wildman–Crippen LogP) is 2.61. The van der Waals surface area contributed by atoms with E-state index in [0.29, 0.717) is 24.0 Å². The number of nitrogens with zero attached hydrogens (tertiary/aromatic N) is 2. The van der Waals surface area contributed by atoms with Gasteiger partial charge in [0.2, 0.25) is 5.88 Å². The van der Waals surface area contributed by atoms with Gasteiger partial charge in [-0.25, -0.2) is 4.98 Å². The Balaban J connectivity index is 2.12. The van der Waals surface area contributed by atoms with Crippen molar-refractivity contribution in [2.24, 2.45) is 0 Å². The minimum absolute atomic E-state index is 0.398. The summed E-state index contributed by atoms with van der Waals surface area (Å²) in [5.41, 5.74) is 1.26. The van der Waals surface area contributed by atoms with E-state index in [9.17, 15) is 0 Å². The third-order valence-electron chi connectivity index (χ3n) is 4.45. The number of hydrogen-bond acceptors (Lipinski definition) is 4. The summed E-state index contributed by atoms with van der Waals surface area (Å²) in [6.45, 7) is 9.00. The highest BCUT2D eigenvalue weighted by atomic mass is 16.5. The lowest BCUT2D eigenvalue weighted by Crippen LogP contribution is -2.56. The first kappa shape index (κ1) is 15.3. The Morgan fingerprint density at radius 2 is 2.20 bits per heavy atom. The fourth-order valence-electron chi connectivity index (χ4n) is 2.97. The number of methoxy groups -OCH3 is 1. The molecule has 4 heteroatoms. The minimum Gasteiger partial charge on any atom is -0.481 e. The molecule has 1 aliphatic heterocycles. The van der Waals surface area contributed by atoms with Crippen LogP contribution in [-0.4, -0.2) is 42.2 Å². The molecule has 0 bridgehead atoms. The Labute approximate surface area is 122 Å². The van der Waals surface area contributed by atoms with Gasteiger partial charge in [0.05, 0.1) is 7.11 Å². The average molecular weight is 277 g/mol. The summed E-state index contributed by atoms with van der Waals surface area (Å²) in [6, 6.07) is 5.69. The molecule has 0 radical (unpaired) electrons. The number of nitrogens with one attached hydrogen (secondary N) is 1. The Morgan fingerprint density at radius 1 is 1.40 bits per heavy atom. The first-order valence-electron chi connectivity index (χ1n) is 7.68. The molecule has 1 aromatic heterocycles. The molecule has 4 nitrogen and oxygen atoms in total. The molecule has 1 saturated heterocycles. The van der Waals surface area contributed by atoms with E-state index in [0.717, 1.165) is 13.1 Å². The molecule has 1 aliphatic rings. The first-order valence-corrected chi connectivity index (χ1v) is 7.68. The highest BCUT2D eigenvalue weighted by Gasteiger charge is 2.29. The van der Waals surface area contributed by atoms with Gasteiger partial charge < -0.3 is 10.1 Å². The van der Waals surface area contributed by atoms with Crippen LogP contribution in [-0.2, 0) is 0 Å². The molecule has 0 aliphatic carbocycles. The molecule has 0 spiro atoms. The van der Waals surface area contributed by atoms with Crippen LogP contribution in [0.5, 0.6) is 5.88 Å². The molecule has 112 valence electrons. The molecule has 20 heavy (non-hydrogen) atoms. The predicted molar refractivity (Wildman–Crippen MR) is 82.1 cm³/mol. The number of rotatable bonds is 5. The average Bonchev–Trinajstić information content (AvgIpc) is 2.53. The lowest BCUT2D eigenvalue weighted by molar-refractivity contribution is 0.0848. The van der Waals surface area contributed by atoms with Gasteiger partial charge in [-0.15, -0.1) is 0 Å². The molecule has 0 amide bonds. The van der Waals surface area contributed by atoms with Crippen LogP contribution < -0.4 is 10.1 Å². The topological polar surface area (TPSA) is 37.4 Å². The molecule has 2 heterocycles. The second kappa shape index (κ2) is 7.04. The van der Waals surface area contributed by atoms with E-state index in [1.54, 1.807) is 7.11 Å². The fourth-order valence-corrected chi connectivity index (χ4v) is 2.97. The highest BCUT2D eigenvalue weighted by Crippen LogP contribution is 2.26. The van der Waals surface area contributed by atoms with Gasteiger partial charge in [0.1, 0.15) is 0 Å². The summed E-state index contributed by atoms with van der Waals surface area (Å²) in [4.78, 5) is 6.96. The van der Waals surface area contributed by atoms with Gasteiger partial charge in [0, 0.05) is 43.5 Å². The fraction of sp³-hybridized carbons (Fsp3) is 0.688. The minimum atomic E-state index is 0.398. The van der Waals surface area contributed by atoms with Crippen LogP contribution in [0.1, 0.15) is 45.2 Å². The summed E-state index contributed by atoms with van der Waals surface area (Å²) in [5, 5.41) is 3.65. The Bertz CT molecular complexity index is 407. The summed E-state index contributed by atoms with van der Waals surface area (Å²) in [6.07, 6.45) is 4.30. The third-order valence-corrected chi connectivity index (χ3v) is 4.45. The molecule has 1 unspecified atom stereocenters. The third kappa shape index (κ3) is 3.30. The van der Waals surface area contributed by atoms with E-state index in [1.807, 2.05) is 12.3 Å². The lowest BCUT2D eigenvalue weighted by atomic mass is 10.00. The zero-order valence-corrected chi connectivity index (χ0v) is 13.1. The van der Waals surface area contributed by atoms with E-state index in [4.69, 9.17) is 4.74 Å². The van der Waals surface area contributed by atoms with Gasteiger partial charge in [-0.2, -0.15) is 0 Å². The van der Waals surface area contributed by atoms with Crippen LogP contribution in [0, 0.1) is 0 Å². The number of ether oxygens (including phenoxy) is 1. The van der Waals surface area contributed by atoms with E-state index < -0.39 is 0 Å². The molecular formula is C16H27N3O. The van der Waals surface area contributed by atoms with Crippen LogP contribution in [0.25, 0.3) is 0 Å². The molecule has 0 aromatic carbocycles. The monoisotopic (exact) mass is 277 g/mol. The molecule has 1 fully saturated rings. The zero-order valence-electron chi connectivity index (χ0n) is 13.1. The summed E-state index contributed by atoms with van der Waals surface area (Å²) >= 11 is 0. The largest absolute Gasteiger partial charge is 0.481 e. The van der Waals surface area contributed by atoms with Crippen molar-refractivity contribution in [2.75, 3.05) is 20.2 Å². The van der Waals surface area contributed by atoms with Gasteiger partial charge in [-0.1, -0.05) is 19.9 Å². The number of aromatic nitrogens is 1. The van der Waals surface area contributed by atoms with Crippen LogP contribution in [0.2, 0.25) is 0 Å². The smallest absolute Gasteiger partial charge is 0.212 e. The SMILES string of the molecule is CC[C@H]1CN(C(C)c2ccc(OC)nc2)[C@H](CC)CN1. The van der Waals surface area contributed by atoms with Gasteiger partial charge in [0.25, 0.3) is 0 Å². The number of hydrogen-bond donors (Lipinski definition) is 1. The highest BCUT2D eigenvalue weighted by molar-refractivity contribution is 5.20. The molecule has 0 saturated carbocycles. The number of pyridine rings is 1. The normalized spacial score (nSPS) is 25.4. The van der Waals surface area contributed by atoms with Gasteiger partial charge in [-0.3, -0.25) is 4.90 Å². The maximum Gasteiger partial charge on any atom is 0.212 e. The molecule has 1 aromatic rings. The maximum atomic E-state index is 5.14. The first-order chi connectivity index (χ1) is 9.69. The van der Waals surface area contributed by atoms with E-state index in [2.05, 4.69) is 42.0 Å². The Kier molecular flexibility index (Phi) is 5.38. The van der Waals surface area contributed by atoms with Crippen molar-refractivity contribution < 1.29 is 4.74 Å². The maximum absolute atomic E-state index is 5.14. The van der Waals surface area contributed by atoms with E-state index in [1.165, 1.54) is 18.4 Å². The van der Waals surface area contributed by atoms with Crippen LogP contribution in [0.15, 0.2) is 18.3 Å². The summed E-state index contributed by atoms with van der Waals surface area (Å²) in [7, 11) is 1.65. The second-order valence-corrected chi connectivity index (χ2v) is 5.58.